The number of aromatic amines is 1. The van der Waals surface area contributed by atoms with Crippen molar-refractivity contribution in [2.45, 2.75) is 45.4 Å². The summed E-state index contributed by atoms with van der Waals surface area (Å²) in [5, 5.41) is 0.758. The molecule has 2 aromatic heterocycles. The third-order valence-electron chi connectivity index (χ3n) is 6.94. The topological polar surface area (TPSA) is 82.2 Å². The van der Waals surface area contributed by atoms with Gasteiger partial charge in [0.05, 0.1) is 17.7 Å². The second-order valence-electron chi connectivity index (χ2n) is 9.15. The van der Waals surface area contributed by atoms with Crippen LogP contribution in [-0.2, 0) is 11.2 Å². The summed E-state index contributed by atoms with van der Waals surface area (Å²) in [5.74, 6) is 0.445. The van der Waals surface area contributed by atoms with Gasteiger partial charge in [-0.1, -0.05) is 0 Å². The average molecular weight is 450 g/mol. The second-order valence-corrected chi connectivity index (χ2v) is 9.15. The van der Waals surface area contributed by atoms with E-state index in [0.717, 1.165) is 54.5 Å². The quantitative estimate of drug-likeness (QED) is 0.661. The van der Waals surface area contributed by atoms with Crippen molar-refractivity contribution in [3.63, 3.8) is 0 Å². The number of benzene rings is 1. The zero-order valence-corrected chi connectivity index (χ0v) is 19.0. The first-order chi connectivity index (χ1) is 15.9. The predicted molar refractivity (Wildman–Crippen MR) is 123 cm³/mol. The molecule has 3 aromatic rings. The van der Waals surface area contributed by atoms with Gasteiger partial charge in [-0.2, -0.15) is 0 Å². The number of aryl methyl sites for hydroxylation is 2. The van der Waals surface area contributed by atoms with Crippen molar-refractivity contribution in [1.82, 2.24) is 24.8 Å². The van der Waals surface area contributed by atoms with Crippen molar-refractivity contribution < 1.29 is 14.0 Å². The Kier molecular flexibility index (Phi) is 5.60. The van der Waals surface area contributed by atoms with E-state index in [0.29, 0.717) is 30.2 Å². The number of nitrogens with one attached hydrogen (secondary N) is 1. The molecule has 4 heterocycles. The lowest BCUT2D eigenvalue weighted by atomic mass is 10.1. The van der Waals surface area contributed by atoms with Crippen LogP contribution in [-0.4, -0.2) is 62.7 Å². The highest BCUT2D eigenvalue weighted by atomic mass is 19.1. The van der Waals surface area contributed by atoms with Crippen LogP contribution < -0.4 is 0 Å². The fraction of sp³-hybridized carbons (Fsp3) is 0.440. The number of carbonyl (C=O) groups is 2. The Bertz CT molecular complexity index is 1230. The summed E-state index contributed by atoms with van der Waals surface area (Å²) in [6, 6.07) is 4.60. The van der Waals surface area contributed by atoms with Crippen LogP contribution in [0.1, 0.15) is 58.3 Å². The lowest BCUT2D eigenvalue weighted by molar-refractivity contribution is -0.129. The number of H-pyrrole nitrogens is 1. The maximum Gasteiger partial charge on any atom is 0.257 e. The van der Waals surface area contributed by atoms with Gasteiger partial charge in [0.15, 0.2) is 0 Å². The average Bonchev–Trinajstić information content (AvgIpc) is 3.55. The Balaban J connectivity index is 1.27. The molecule has 33 heavy (non-hydrogen) atoms. The van der Waals surface area contributed by atoms with E-state index in [-0.39, 0.29) is 30.0 Å². The van der Waals surface area contributed by atoms with Crippen molar-refractivity contribution >= 4 is 22.7 Å². The molecular weight excluding hydrogens is 421 g/mol. The minimum atomic E-state index is -0.310. The van der Waals surface area contributed by atoms with Gasteiger partial charge in [0.1, 0.15) is 11.6 Å². The summed E-state index contributed by atoms with van der Waals surface area (Å²) in [5.41, 5.74) is 3.82. The van der Waals surface area contributed by atoms with E-state index in [9.17, 15) is 14.0 Å². The Morgan fingerprint density at radius 3 is 2.70 bits per heavy atom. The molecule has 1 aromatic carbocycles. The van der Waals surface area contributed by atoms with Crippen molar-refractivity contribution in [2.24, 2.45) is 0 Å². The molecule has 1 unspecified atom stereocenters. The lowest BCUT2D eigenvalue weighted by Gasteiger charge is -2.18. The van der Waals surface area contributed by atoms with Crippen LogP contribution in [0, 0.1) is 19.7 Å². The van der Waals surface area contributed by atoms with Crippen LogP contribution in [0.2, 0.25) is 0 Å². The first-order valence-corrected chi connectivity index (χ1v) is 11.6. The Morgan fingerprint density at radius 1 is 1.15 bits per heavy atom. The molecule has 0 bridgehead atoms. The molecule has 5 rings (SSSR count). The number of amides is 2. The molecule has 172 valence electrons. The summed E-state index contributed by atoms with van der Waals surface area (Å²) in [4.78, 5) is 41.8. The SMILES string of the molecule is Cc1nc(C2CCN(C(=O)Cc3c(C)[nH]c4ccc(F)cc34)C2)ncc1C(=O)N1CCCC1. The fourth-order valence-corrected chi connectivity index (χ4v) is 5.03. The lowest BCUT2D eigenvalue weighted by Crippen LogP contribution is -2.30. The normalized spacial score (nSPS) is 18.5. The van der Waals surface area contributed by atoms with Crippen molar-refractivity contribution in [1.29, 1.82) is 0 Å². The van der Waals surface area contributed by atoms with Gasteiger partial charge in [0.25, 0.3) is 5.91 Å². The van der Waals surface area contributed by atoms with E-state index in [4.69, 9.17) is 0 Å². The summed E-state index contributed by atoms with van der Waals surface area (Å²) in [6.45, 7) is 6.54. The summed E-state index contributed by atoms with van der Waals surface area (Å²) in [7, 11) is 0. The molecule has 2 fully saturated rings. The maximum atomic E-state index is 13.8. The molecule has 1 atom stereocenters. The van der Waals surface area contributed by atoms with Gasteiger partial charge in [-0.3, -0.25) is 9.59 Å². The minimum Gasteiger partial charge on any atom is -0.358 e. The Morgan fingerprint density at radius 2 is 1.94 bits per heavy atom. The van der Waals surface area contributed by atoms with Crippen LogP contribution in [0.15, 0.2) is 24.4 Å². The molecule has 0 radical (unpaired) electrons. The first-order valence-electron chi connectivity index (χ1n) is 11.6. The third kappa shape index (κ3) is 4.10. The van der Waals surface area contributed by atoms with Crippen molar-refractivity contribution in [2.75, 3.05) is 26.2 Å². The number of halogens is 1. The van der Waals surface area contributed by atoms with Gasteiger partial charge in [-0.15, -0.1) is 0 Å². The van der Waals surface area contributed by atoms with E-state index in [1.807, 2.05) is 23.6 Å². The smallest absolute Gasteiger partial charge is 0.257 e. The molecule has 2 saturated heterocycles. The van der Waals surface area contributed by atoms with Gasteiger partial charge in [-0.05, 0) is 56.9 Å². The molecule has 0 saturated carbocycles. The predicted octanol–water partition coefficient (Wildman–Crippen LogP) is 3.51. The zero-order chi connectivity index (χ0) is 23.1. The monoisotopic (exact) mass is 449 g/mol. The van der Waals surface area contributed by atoms with E-state index in [2.05, 4.69) is 15.0 Å². The van der Waals surface area contributed by atoms with Gasteiger partial charge in [-0.25, -0.2) is 14.4 Å². The van der Waals surface area contributed by atoms with Crippen LogP contribution >= 0.6 is 0 Å². The third-order valence-corrected chi connectivity index (χ3v) is 6.94. The van der Waals surface area contributed by atoms with Gasteiger partial charge >= 0.3 is 0 Å². The second kappa shape index (κ2) is 8.57. The number of rotatable bonds is 4. The van der Waals surface area contributed by atoms with E-state index < -0.39 is 0 Å². The molecule has 0 spiro atoms. The fourth-order valence-electron chi connectivity index (χ4n) is 5.03. The molecule has 2 aliphatic heterocycles. The molecule has 1 N–H and O–H groups in total. The summed E-state index contributed by atoms with van der Waals surface area (Å²) < 4.78 is 13.8. The molecular formula is C25H28FN5O2. The number of hydrogen-bond acceptors (Lipinski definition) is 4. The number of carbonyl (C=O) groups excluding carboxylic acids is 2. The van der Waals surface area contributed by atoms with Crippen LogP contribution in [0.5, 0.6) is 0 Å². The zero-order valence-electron chi connectivity index (χ0n) is 19.0. The van der Waals surface area contributed by atoms with Gasteiger partial charge in [0.2, 0.25) is 5.91 Å². The van der Waals surface area contributed by atoms with Crippen molar-refractivity contribution in [3.05, 3.63) is 58.6 Å². The van der Waals surface area contributed by atoms with Gasteiger partial charge in [0, 0.05) is 54.9 Å². The first kappa shape index (κ1) is 21.6. The number of likely N-dealkylation sites (tertiary alicyclic amines) is 2. The highest BCUT2D eigenvalue weighted by Crippen LogP contribution is 2.28. The Labute approximate surface area is 192 Å². The molecule has 8 heteroatoms. The molecule has 2 amide bonds. The minimum absolute atomic E-state index is 0.00492. The van der Waals surface area contributed by atoms with Crippen LogP contribution in [0.4, 0.5) is 4.39 Å². The highest BCUT2D eigenvalue weighted by Gasteiger charge is 2.31. The number of nitrogens with zero attached hydrogens (tertiary/aromatic N) is 4. The largest absolute Gasteiger partial charge is 0.358 e. The number of hydrogen-bond donors (Lipinski definition) is 1. The highest BCUT2D eigenvalue weighted by molar-refractivity contribution is 5.95. The van der Waals surface area contributed by atoms with Crippen LogP contribution in [0.25, 0.3) is 10.9 Å². The maximum absolute atomic E-state index is 13.8. The number of aromatic nitrogens is 3. The molecule has 0 aliphatic carbocycles. The Hall–Kier alpha value is -3.29. The van der Waals surface area contributed by atoms with E-state index in [1.54, 1.807) is 12.3 Å². The van der Waals surface area contributed by atoms with E-state index >= 15 is 0 Å². The summed E-state index contributed by atoms with van der Waals surface area (Å²) >= 11 is 0. The molecule has 7 nitrogen and oxygen atoms in total. The van der Waals surface area contributed by atoms with Crippen molar-refractivity contribution in [3.8, 4) is 0 Å². The van der Waals surface area contributed by atoms with E-state index in [1.165, 1.54) is 12.1 Å². The van der Waals surface area contributed by atoms with Gasteiger partial charge < -0.3 is 14.8 Å². The standard InChI is InChI=1S/C25H28FN5O2/c1-15-19(20-11-18(26)5-6-22(20)28-15)12-23(32)31-10-7-17(14-31)24-27-13-21(16(2)29-24)25(33)30-8-3-4-9-30/h5-6,11,13,17,28H,3-4,7-10,12,14H2,1-2H3. The molecule has 2 aliphatic rings. The van der Waals surface area contributed by atoms with Crippen LogP contribution in [0.3, 0.4) is 0 Å². The number of fused-ring (bicyclic) bond motifs is 1. The summed E-state index contributed by atoms with van der Waals surface area (Å²) in [6.07, 6.45) is 4.75.